The minimum Gasteiger partial charge on any atom is -0.461 e. The second-order valence-corrected chi connectivity index (χ2v) is 3.73. The molecule has 3 heteroatoms. The summed E-state index contributed by atoms with van der Waals surface area (Å²) < 4.78 is 16.4. The number of rotatable bonds is 1. The van der Waals surface area contributed by atoms with Crippen LogP contribution in [0.1, 0.15) is 17.6 Å². The van der Waals surface area contributed by atoms with E-state index in [1.54, 1.807) is 0 Å². The Morgan fingerprint density at radius 1 is 1.13 bits per heavy atom. The summed E-state index contributed by atoms with van der Waals surface area (Å²) in [5.74, 6) is 0.926. The molecule has 0 spiro atoms. The second kappa shape index (κ2) is 3.36. The minimum absolute atomic E-state index is 0.222. The largest absolute Gasteiger partial charge is 0.461 e. The van der Waals surface area contributed by atoms with Crippen molar-refractivity contribution in [2.75, 3.05) is 13.2 Å². The van der Waals surface area contributed by atoms with Crippen molar-refractivity contribution in [2.45, 2.75) is 13.2 Å². The monoisotopic (exact) mass is 204 g/mol. The molecule has 0 bridgehead atoms. The second-order valence-electron chi connectivity index (χ2n) is 3.73. The molecule has 0 N–H and O–H groups in total. The zero-order chi connectivity index (χ0) is 10.3. The molecule has 1 aliphatic heterocycles. The number of ether oxygens (including phenoxy) is 2. The fourth-order valence-corrected chi connectivity index (χ4v) is 1.88. The minimum atomic E-state index is -0.222. The molecule has 1 aromatic carbocycles. The van der Waals surface area contributed by atoms with Gasteiger partial charge in [0.05, 0.1) is 13.2 Å². The SMILES string of the molecule is Cc1cc2ccc(C3OCCO3)cc2o1. The number of hydrogen-bond acceptors (Lipinski definition) is 3. The maximum atomic E-state index is 5.56. The van der Waals surface area contributed by atoms with Gasteiger partial charge in [-0.05, 0) is 19.1 Å². The zero-order valence-electron chi connectivity index (χ0n) is 8.53. The Hall–Kier alpha value is -1.32. The van der Waals surface area contributed by atoms with Crippen LogP contribution in [0.4, 0.5) is 0 Å². The van der Waals surface area contributed by atoms with Crippen LogP contribution >= 0.6 is 0 Å². The van der Waals surface area contributed by atoms with Crippen molar-refractivity contribution in [2.24, 2.45) is 0 Å². The standard InChI is InChI=1S/C12H12O3/c1-8-6-9-2-3-10(7-11(9)15-8)12-13-4-5-14-12/h2-3,6-7,12H,4-5H2,1H3. The Morgan fingerprint density at radius 2 is 1.93 bits per heavy atom. The highest BCUT2D eigenvalue weighted by Crippen LogP contribution is 2.27. The van der Waals surface area contributed by atoms with Crippen LogP contribution in [-0.4, -0.2) is 13.2 Å². The zero-order valence-corrected chi connectivity index (χ0v) is 8.53. The topological polar surface area (TPSA) is 31.6 Å². The van der Waals surface area contributed by atoms with Crippen molar-refractivity contribution in [1.29, 1.82) is 0 Å². The van der Waals surface area contributed by atoms with Gasteiger partial charge in [0.2, 0.25) is 0 Å². The van der Waals surface area contributed by atoms with Crippen molar-refractivity contribution >= 4 is 11.0 Å². The Bertz CT molecular complexity index is 481. The van der Waals surface area contributed by atoms with Crippen LogP contribution < -0.4 is 0 Å². The maximum absolute atomic E-state index is 5.56. The van der Waals surface area contributed by atoms with Crippen LogP contribution in [0.15, 0.2) is 28.7 Å². The molecule has 0 unspecified atom stereocenters. The Kier molecular flexibility index (Phi) is 2.01. The molecule has 2 heterocycles. The quantitative estimate of drug-likeness (QED) is 0.715. The van der Waals surface area contributed by atoms with Crippen LogP contribution in [0.3, 0.4) is 0 Å². The molecular weight excluding hydrogens is 192 g/mol. The first-order valence-electron chi connectivity index (χ1n) is 5.06. The summed E-state index contributed by atoms with van der Waals surface area (Å²) in [5.41, 5.74) is 1.92. The molecule has 0 amide bonds. The van der Waals surface area contributed by atoms with E-state index in [4.69, 9.17) is 13.9 Å². The van der Waals surface area contributed by atoms with Crippen molar-refractivity contribution in [3.8, 4) is 0 Å². The normalized spacial score (nSPS) is 17.7. The van der Waals surface area contributed by atoms with Gasteiger partial charge in [0.25, 0.3) is 0 Å². The summed E-state index contributed by atoms with van der Waals surface area (Å²) in [7, 11) is 0. The van der Waals surface area contributed by atoms with E-state index in [-0.39, 0.29) is 6.29 Å². The molecule has 1 aliphatic rings. The summed E-state index contributed by atoms with van der Waals surface area (Å²) in [6.45, 7) is 3.28. The Balaban J connectivity index is 2.04. The molecule has 2 aromatic rings. The molecule has 0 aliphatic carbocycles. The highest BCUT2D eigenvalue weighted by atomic mass is 16.7. The third-order valence-electron chi connectivity index (χ3n) is 2.56. The van der Waals surface area contributed by atoms with Crippen molar-refractivity contribution < 1.29 is 13.9 Å². The fourth-order valence-electron chi connectivity index (χ4n) is 1.88. The predicted octanol–water partition coefficient (Wildman–Crippen LogP) is 2.79. The lowest BCUT2D eigenvalue weighted by Gasteiger charge is -2.08. The molecule has 78 valence electrons. The lowest BCUT2D eigenvalue weighted by Crippen LogP contribution is -1.96. The molecule has 1 aromatic heterocycles. The van der Waals surface area contributed by atoms with Gasteiger partial charge < -0.3 is 13.9 Å². The third-order valence-corrected chi connectivity index (χ3v) is 2.56. The van der Waals surface area contributed by atoms with E-state index < -0.39 is 0 Å². The van der Waals surface area contributed by atoms with E-state index >= 15 is 0 Å². The van der Waals surface area contributed by atoms with E-state index in [1.165, 1.54) is 0 Å². The highest BCUT2D eigenvalue weighted by molar-refractivity contribution is 5.78. The number of fused-ring (bicyclic) bond motifs is 1. The molecular formula is C12H12O3. The molecule has 3 nitrogen and oxygen atoms in total. The number of aryl methyl sites for hydroxylation is 1. The van der Waals surface area contributed by atoms with E-state index in [0.29, 0.717) is 13.2 Å². The van der Waals surface area contributed by atoms with E-state index in [9.17, 15) is 0 Å². The van der Waals surface area contributed by atoms with Gasteiger partial charge in [-0.3, -0.25) is 0 Å². The molecule has 0 saturated carbocycles. The maximum Gasteiger partial charge on any atom is 0.184 e. The summed E-state index contributed by atoms with van der Waals surface area (Å²) in [5, 5.41) is 1.12. The average Bonchev–Trinajstić information content (AvgIpc) is 2.82. The van der Waals surface area contributed by atoms with Gasteiger partial charge in [-0.1, -0.05) is 12.1 Å². The smallest absolute Gasteiger partial charge is 0.184 e. The molecule has 0 atom stereocenters. The van der Waals surface area contributed by atoms with Crippen molar-refractivity contribution in [3.05, 3.63) is 35.6 Å². The third kappa shape index (κ3) is 1.54. The van der Waals surface area contributed by atoms with Gasteiger partial charge in [-0.2, -0.15) is 0 Å². The number of benzene rings is 1. The van der Waals surface area contributed by atoms with Crippen molar-refractivity contribution in [3.63, 3.8) is 0 Å². The van der Waals surface area contributed by atoms with Crippen molar-refractivity contribution in [1.82, 2.24) is 0 Å². The average molecular weight is 204 g/mol. The summed E-state index contributed by atoms with van der Waals surface area (Å²) in [6, 6.07) is 8.06. The first-order valence-corrected chi connectivity index (χ1v) is 5.06. The van der Waals surface area contributed by atoms with Crippen LogP contribution in [0.5, 0.6) is 0 Å². The molecule has 0 radical (unpaired) electrons. The molecule has 1 saturated heterocycles. The summed E-state index contributed by atoms with van der Waals surface area (Å²) in [4.78, 5) is 0. The summed E-state index contributed by atoms with van der Waals surface area (Å²) in [6.07, 6.45) is -0.222. The predicted molar refractivity (Wildman–Crippen MR) is 55.6 cm³/mol. The lowest BCUT2D eigenvalue weighted by atomic mass is 10.1. The van der Waals surface area contributed by atoms with E-state index in [2.05, 4.69) is 0 Å². The van der Waals surface area contributed by atoms with Gasteiger partial charge in [-0.15, -0.1) is 0 Å². The lowest BCUT2D eigenvalue weighted by molar-refractivity contribution is -0.0440. The first kappa shape index (κ1) is 8.95. The fraction of sp³-hybridized carbons (Fsp3) is 0.333. The van der Waals surface area contributed by atoms with Crippen LogP contribution in [0.2, 0.25) is 0 Å². The number of furan rings is 1. The number of hydrogen-bond donors (Lipinski definition) is 0. The van der Waals surface area contributed by atoms with Crippen LogP contribution in [0, 0.1) is 6.92 Å². The first-order chi connectivity index (χ1) is 7.33. The van der Waals surface area contributed by atoms with Gasteiger partial charge in [-0.25, -0.2) is 0 Å². The molecule has 1 fully saturated rings. The van der Waals surface area contributed by atoms with E-state index in [0.717, 1.165) is 22.3 Å². The highest BCUT2D eigenvalue weighted by Gasteiger charge is 2.18. The van der Waals surface area contributed by atoms with Gasteiger partial charge >= 0.3 is 0 Å². The Labute approximate surface area is 87.6 Å². The molecule has 3 rings (SSSR count). The van der Waals surface area contributed by atoms with Crippen LogP contribution in [-0.2, 0) is 9.47 Å². The summed E-state index contributed by atoms with van der Waals surface area (Å²) >= 11 is 0. The van der Waals surface area contributed by atoms with Crippen LogP contribution in [0.25, 0.3) is 11.0 Å². The van der Waals surface area contributed by atoms with Gasteiger partial charge in [0.1, 0.15) is 11.3 Å². The van der Waals surface area contributed by atoms with Gasteiger partial charge in [0, 0.05) is 10.9 Å². The van der Waals surface area contributed by atoms with Gasteiger partial charge in [0.15, 0.2) is 6.29 Å². The Morgan fingerprint density at radius 3 is 2.73 bits per heavy atom. The molecule has 15 heavy (non-hydrogen) atoms. The van der Waals surface area contributed by atoms with E-state index in [1.807, 2.05) is 31.2 Å².